The van der Waals surface area contributed by atoms with Crippen molar-refractivity contribution in [3.8, 4) is 11.3 Å². The third-order valence-electron chi connectivity index (χ3n) is 5.71. The quantitative estimate of drug-likeness (QED) is 0.269. The first-order valence-corrected chi connectivity index (χ1v) is 10.8. The fourth-order valence-corrected chi connectivity index (χ4v) is 3.99. The van der Waals surface area contributed by atoms with Crippen molar-refractivity contribution >= 4 is 10.8 Å². The minimum absolute atomic E-state index is 0.226. The molecule has 1 aromatic heterocycles. The Morgan fingerprint density at radius 1 is 0.788 bits per heavy atom. The first kappa shape index (κ1) is 22.9. The third kappa shape index (κ3) is 5.05. The predicted molar refractivity (Wildman–Crippen MR) is 120 cm³/mol. The molecule has 0 fully saturated rings. The molecule has 0 spiro atoms. The zero-order valence-corrected chi connectivity index (χ0v) is 18.0. The van der Waals surface area contributed by atoms with Crippen molar-refractivity contribution in [1.82, 2.24) is 4.98 Å². The lowest BCUT2D eigenvalue weighted by Gasteiger charge is -2.11. The van der Waals surface area contributed by atoms with E-state index < -0.39 is 17.6 Å². The van der Waals surface area contributed by atoms with Gasteiger partial charge in [0.1, 0.15) is 11.6 Å². The van der Waals surface area contributed by atoms with E-state index in [-0.39, 0.29) is 18.7 Å². The Morgan fingerprint density at radius 2 is 1.58 bits per heavy atom. The summed E-state index contributed by atoms with van der Waals surface area (Å²) in [6.45, 7) is 2.12. The lowest BCUT2D eigenvalue weighted by molar-refractivity contribution is -0.140. The number of pyridine rings is 1. The number of nitrogens with zero attached hydrogens (tertiary/aromatic N) is 1. The van der Waals surface area contributed by atoms with Crippen LogP contribution in [0.4, 0.5) is 22.0 Å². The van der Waals surface area contributed by atoms with Crippen LogP contribution in [0, 0.1) is 11.6 Å². The SMILES string of the molecule is CCCc1ccnc(-c2ccc3c(F)c(CCc4ccc(C(F)(F)F)c(F)c4)ccc3c2)c1. The number of halogens is 5. The molecular formula is C27H22F5N. The number of hydrogen-bond donors (Lipinski definition) is 0. The van der Waals surface area contributed by atoms with E-state index in [4.69, 9.17) is 0 Å². The number of aryl methyl sites for hydroxylation is 3. The molecule has 1 nitrogen and oxygen atoms in total. The van der Waals surface area contributed by atoms with E-state index in [1.165, 1.54) is 11.6 Å². The van der Waals surface area contributed by atoms with Crippen molar-refractivity contribution in [2.75, 3.05) is 0 Å². The molecular weight excluding hydrogens is 433 g/mol. The van der Waals surface area contributed by atoms with Crippen LogP contribution in [-0.4, -0.2) is 4.98 Å². The van der Waals surface area contributed by atoms with Gasteiger partial charge in [-0.15, -0.1) is 0 Å². The second-order valence-corrected chi connectivity index (χ2v) is 8.09. The molecule has 0 N–H and O–H groups in total. The minimum Gasteiger partial charge on any atom is -0.256 e. The standard InChI is InChI=1S/C27H22F5N/c1-2-3-17-12-13-33-25(15-17)21-9-10-22-20(16-21)8-7-19(26(22)29)6-4-18-5-11-23(24(28)14-18)27(30,31)32/h5,7-16H,2-4,6H2,1H3. The molecule has 4 rings (SSSR count). The zero-order valence-electron chi connectivity index (χ0n) is 18.0. The van der Waals surface area contributed by atoms with Crippen LogP contribution in [0.1, 0.15) is 35.6 Å². The molecule has 0 aliphatic heterocycles. The number of rotatable bonds is 6. The first-order chi connectivity index (χ1) is 15.8. The molecule has 4 aromatic rings. The van der Waals surface area contributed by atoms with Crippen LogP contribution in [0.2, 0.25) is 0 Å². The lowest BCUT2D eigenvalue weighted by Crippen LogP contribution is -2.08. The summed E-state index contributed by atoms with van der Waals surface area (Å²) in [6, 6.07) is 15.8. The highest BCUT2D eigenvalue weighted by Gasteiger charge is 2.33. The lowest BCUT2D eigenvalue weighted by atomic mass is 9.97. The Morgan fingerprint density at radius 3 is 2.30 bits per heavy atom. The molecule has 0 radical (unpaired) electrons. The first-order valence-electron chi connectivity index (χ1n) is 10.8. The Kier molecular flexibility index (Phi) is 6.45. The van der Waals surface area contributed by atoms with Crippen LogP contribution < -0.4 is 0 Å². The molecule has 0 atom stereocenters. The summed E-state index contributed by atoms with van der Waals surface area (Å²) in [7, 11) is 0. The Bertz CT molecular complexity index is 1290. The van der Waals surface area contributed by atoms with Crippen molar-refractivity contribution in [3.05, 3.63) is 101 Å². The molecule has 170 valence electrons. The van der Waals surface area contributed by atoms with Gasteiger partial charge < -0.3 is 0 Å². The molecule has 0 saturated carbocycles. The maximum absolute atomic E-state index is 15.1. The van der Waals surface area contributed by atoms with Crippen molar-refractivity contribution in [2.45, 2.75) is 38.8 Å². The van der Waals surface area contributed by atoms with Crippen LogP contribution in [0.25, 0.3) is 22.0 Å². The number of hydrogen-bond acceptors (Lipinski definition) is 1. The van der Waals surface area contributed by atoms with Crippen molar-refractivity contribution in [2.24, 2.45) is 0 Å². The van der Waals surface area contributed by atoms with Crippen molar-refractivity contribution in [3.63, 3.8) is 0 Å². The van der Waals surface area contributed by atoms with Gasteiger partial charge in [-0.1, -0.05) is 43.7 Å². The van der Waals surface area contributed by atoms with Gasteiger partial charge in [-0.25, -0.2) is 8.78 Å². The Labute approximate surface area is 188 Å². The summed E-state index contributed by atoms with van der Waals surface area (Å²) in [4.78, 5) is 4.44. The highest BCUT2D eigenvalue weighted by Crippen LogP contribution is 2.32. The molecule has 0 aliphatic rings. The molecule has 0 bridgehead atoms. The fourth-order valence-electron chi connectivity index (χ4n) is 3.99. The van der Waals surface area contributed by atoms with E-state index in [1.807, 2.05) is 30.3 Å². The Hall–Kier alpha value is -3.28. The van der Waals surface area contributed by atoms with Crippen LogP contribution in [0.5, 0.6) is 0 Å². The maximum Gasteiger partial charge on any atom is 0.419 e. The average Bonchev–Trinajstić information content (AvgIpc) is 2.78. The molecule has 0 saturated heterocycles. The predicted octanol–water partition coefficient (Wildman–Crippen LogP) is 7.94. The van der Waals surface area contributed by atoms with Gasteiger partial charge in [0.15, 0.2) is 0 Å². The third-order valence-corrected chi connectivity index (χ3v) is 5.71. The summed E-state index contributed by atoms with van der Waals surface area (Å²) in [5, 5.41) is 1.19. The van der Waals surface area contributed by atoms with Gasteiger partial charge in [-0.05, 0) is 71.7 Å². The van der Waals surface area contributed by atoms with Crippen LogP contribution in [0.15, 0.2) is 66.9 Å². The van der Waals surface area contributed by atoms with E-state index in [1.54, 1.807) is 18.3 Å². The van der Waals surface area contributed by atoms with Gasteiger partial charge in [0.05, 0.1) is 11.3 Å². The van der Waals surface area contributed by atoms with Gasteiger partial charge in [0.25, 0.3) is 0 Å². The monoisotopic (exact) mass is 455 g/mol. The summed E-state index contributed by atoms with van der Waals surface area (Å²) < 4.78 is 67.1. The van der Waals surface area contributed by atoms with E-state index >= 15 is 4.39 Å². The van der Waals surface area contributed by atoms with Gasteiger partial charge in [-0.3, -0.25) is 4.98 Å². The number of fused-ring (bicyclic) bond motifs is 1. The second-order valence-electron chi connectivity index (χ2n) is 8.09. The van der Waals surface area contributed by atoms with Crippen LogP contribution >= 0.6 is 0 Å². The fraction of sp³-hybridized carbons (Fsp3) is 0.222. The smallest absolute Gasteiger partial charge is 0.256 e. The zero-order chi connectivity index (χ0) is 23.6. The minimum atomic E-state index is -4.74. The normalized spacial score (nSPS) is 11.8. The van der Waals surface area contributed by atoms with Crippen LogP contribution in [-0.2, 0) is 25.4 Å². The van der Waals surface area contributed by atoms with Crippen molar-refractivity contribution in [1.29, 1.82) is 0 Å². The number of aromatic nitrogens is 1. The van der Waals surface area contributed by atoms with Gasteiger partial charge in [-0.2, -0.15) is 13.2 Å². The van der Waals surface area contributed by atoms with Gasteiger partial charge in [0.2, 0.25) is 0 Å². The summed E-state index contributed by atoms with van der Waals surface area (Å²) >= 11 is 0. The van der Waals surface area contributed by atoms with E-state index in [0.29, 0.717) is 16.5 Å². The maximum atomic E-state index is 15.1. The molecule has 33 heavy (non-hydrogen) atoms. The summed E-state index contributed by atoms with van der Waals surface area (Å²) in [6.07, 6.45) is -0.492. The number of alkyl halides is 3. The summed E-state index contributed by atoms with van der Waals surface area (Å²) in [5.74, 6) is -1.69. The highest BCUT2D eigenvalue weighted by atomic mass is 19.4. The van der Waals surface area contributed by atoms with Crippen molar-refractivity contribution < 1.29 is 22.0 Å². The highest BCUT2D eigenvalue weighted by molar-refractivity contribution is 5.88. The van der Waals surface area contributed by atoms with Gasteiger partial charge in [0, 0.05) is 17.1 Å². The Balaban J connectivity index is 1.56. The number of benzene rings is 3. The molecule has 6 heteroatoms. The molecule has 3 aromatic carbocycles. The van der Waals surface area contributed by atoms with E-state index in [0.717, 1.165) is 41.6 Å². The van der Waals surface area contributed by atoms with E-state index in [9.17, 15) is 17.6 Å². The molecule has 1 heterocycles. The molecule has 0 amide bonds. The van der Waals surface area contributed by atoms with Crippen LogP contribution in [0.3, 0.4) is 0 Å². The second kappa shape index (κ2) is 9.30. The van der Waals surface area contributed by atoms with Gasteiger partial charge >= 0.3 is 6.18 Å². The largest absolute Gasteiger partial charge is 0.419 e. The topological polar surface area (TPSA) is 12.9 Å². The molecule has 0 unspecified atom stereocenters. The summed E-state index contributed by atoms with van der Waals surface area (Å²) in [5.41, 5.74) is 2.44. The van der Waals surface area contributed by atoms with E-state index in [2.05, 4.69) is 11.9 Å². The average molecular weight is 455 g/mol. The molecule has 0 aliphatic carbocycles.